The quantitative estimate of drug-likeness (QED) is 0.784. The van der Waals surface area contributed by atoms with Gasteiger partial charge in [0.25, 0.3) is 0 Å². The molecule has 2 heteroatoms. The van der Waals surface area contributed by atoms with Gasteiger partial charge in [-0.1, -0.05) is 39.5 Å². The lowest BCUT2D eigenvalue weighted by atomic mass is 9.82. The van der Waals surface area contributed by atoms with Crippen LogP contribution in [0.15, 0.2) is 0 Å². The van der Waals surface area contributed by atoms with E-state index in [2.05, 4.69) is 18.7 Å². The van der Waals surface area contributed by atoms with E-state index in [1.807, 2.05) is 0 Å². The minimum absolute atomic E-state index is 0.759. The first-order valence-electron chi connectivity index (χ1n) is 8.72. The molecule has 0 spiro atoms. The predicted molar refractivity (Wildman–Crippen MR) is 83.2 cm³/mol. The molecule has 2 fully saturated rings. The highest BCUT2D eigenvalue weighted by Crippen LogP contribution is 2.33. The Bertz CT molecular complexity index is 254. The Morgan fingerprint density at radius 1 is 0.947 bits per heavy atom. The second kappa shape index (κ2) is 7.64. The lowest BCUT2D eigenvalue weighted by molar-refractivity contribution is 0.0629. The van der Waals surface area contributed by atoms with Gasteiger partial charge in [-0.05, 0) is 57.0 Å². The Morgan fingerprint density at radius 2 is 1.74 bits per heavy atom. The largest absolute Gasteiger partial charge is 0.330 e. The zero-order valence-electron chi connectivity index (χ0n) is 13.1. The molecule has 0 heterocycles. The fourth-order valence-corrected chi connectivity index (χ4v) is 4.46. The van der Waals surface area contributed by atoms with Gasteiger partial charge in [-0.3, -0.25) is 4.90 Å². The minimum Gasteiger partial charge on any atom is -0.330 e. The standard InChI is InChI=1S/C17H34N2/c1-3-19(16-9-6-7-14(2)11-12-16)17-10-5-4-8-15(17)13-18/h14-17H,3-13,18H2,1-2H3. The average Bonchev–Trinajstić information content (AvgIpc) is 2.66. The number of nitrogens with zero attached hydrogens (tertiary/aromatic N) is 1. The summed E-state index contributed by atoms with van der Waals surface area (Å²) >= 11 is 0. The Morgan fingerprint density at radius 3 is 2.47 bits per heavy atom. The SMILES string of the molecule is CCN(C1CCCC(C)CC1)C1CCCCC1CN. The van der Waals surface area contributed by atoms with E-state index in [1.54, 1.807) is 0 Å². The molecule has 0 bridgehead atoms. The highest BCUT2D eigenvalue weighted by atomic mass is 15.2. The van der Waals surface area contributed by atoms with Crippen molar-refractivity contribution < 1.29 is 0 Å². The van der Waals surface area contributed by atoms with E-state index in [4.69, 9.17) is 5.73 Å². The third kappa shape index (κ3) is 3.95. The van der Waals surface area contributed by atoms with Crippen molar-refractivity contribution in [2.24, 2.45) is 17.6 Å². The Kier molecular flexibility index (Phi) is 6.15. The van der Waals surface area contributed by atoms with Gasteiger partial charge in [-0.15, -0.1) is 0 Å². The van der Waals surface area contributed by atoms with Crippen molar-refractivity contribution in [3.05, 3.63) is 0 Å². The normalized spacial score (nSPS) is 37.3. The summed E-state index contributed by atoms with van der Waals surface area (Å²) in [6.07, 6.45) is 12.7. The fraction of sp³-hybridized carbons (Fsp3) is 1.00. The van der Waals surface area contributed by atoms with Gasteiger partial charge in [0.1, 0.15) is 0 Å². The van der Waals surface area contributed by atoms with Gasteiger partial charge >= 0.3 is 0 Å². The monoisotopic (exact) mass is 266 g/mol. The van der Waals surface area contributed by atoms with E-state index < -0.39 is 0 Å². The molecule has 0 amide bonds. The highest BCUT2D eigenvalue weighted by molar-refractivity contribution is 4.88. The maximum Gasteiger partial charge on any atom is 0.0138 e. The van der Waals surface area contributed by atoms with E-state index in [1.165, 1.54) is 64.3 Å². The van der Waals surface area contributed by atoms with E-state index in [0.717, 1.165) is 30.5 Å². The van der Waals surface area contributed by atoms with Gasteiger partial charge in [-0.25, -0.2) is 0 Å². The average molecular weight is 266 g/mol. The van der Waals surface area contributed by atoms with Crippen LogP contribution in [-0.4, -0.2) is 30.1 Å². The summed E-state index contributed by atoms with van der Waals surface area (Å²) in [6.45, 7) is 6.91. The smallest absolute Gasteiger partial charge is 0.0138 e. The van der Waals surface area contributed by atoms with Crippen LogP contribution in [0.5, 0.6) is 0 Å². The molecule has 2 aliphatic carbocycles. The van der Waals surface area contributed by atoms with Gasteiger partial charge < -0.3 is 5.73 Å². The van der Waals surface area contributed by atoms with Crippen LogP contribution in [0, 0.1) is 11.8 Å². The molecule has 0 radical (unpaired) electrons. The van der Waals surface area contributed by atoms with Gasteiger partial charge in [0.2, 0.25) is 0 Å². The second-order valence-electron chi connectivity index (χ2n) is 6.95. The number of hydrogen-bond donors (Lipinski definition) is 1. The Balaban J connectivity index is 2.00. The summed E-state index contributed by atoms with van der Waals surface area (Å²) in [5.41, 5.74) is 6.04. The third-order valence-corrected chi connectivity index (χ3v) is 5.66. The summed E-state index contributed by atoms with van der Waals surface area (Å²) in [6, 6.07) is 1.62. The van der Waals surface area contributed by atoms with E-state index >= 15 is 0 Å². The van der Waals surface area contributed by atoms with Crippen LogP contribution in [-0.2, 0) is 0 Å². The number of rotatable bonds is 4. The molecule has 0 aliphatic heterocycles. The molecule has 112 valence electrons. The maximum atomic E-state index is 6.04. The van der Waals surface area contributed by atoms with Crippen LogP contribution < -0.4 is 5.73 Å². The Labute approximate surface area is 120 Å². The van der Waals surface area contributed by atoms with Crippen LogP contribution in [0.2, 0.25) is 0 Å². The molecular weight excluding hydrogens is 232 g/mol. The van der Waals surface area contributed by atoms with E-state index in [-0.39, 0.29) is 0 Å². The van der Waals surface area contributed by atoms with Crippen molar-refractivity contribution in [3.8, 4) is 0 Å². The van der Waals surface area contributed by atoms with Crippen molar-refractivity contribution >= 4 is 0 Å². The van der Waals surface area contributed by atoms with Crippen LogP contribution in [0.1, 0.15) is 71.6 Å². The summed E-state index contributed by atoms with van der Waals surface area (Å²) in [5, 5.41) is 0. The van der Waals surface area contributed by atoms with Crippen LogP contribution in [0.3, 0.4) is 0 Å². The molecule has 0 aromatic rings. The molecule has 2 N–H and O–H groups in total. The minimum atomic E-state index is 0.759. The zero-order chi connectivity index (χ0) is 13.7. The van der Waals surface area contributed by atoms with Crippen molar-refractivity contribution in [1.29, 1.82) is 0 Å². The van der Waals surface area contributed by atoms with Crippen LogP contribution >= 0.6 is 0 Å². The Hall–Kier alpha value is -0.0800. The molecule has 0 aromatic heterocycles. The topological polar surface area (TPSA) is 29.3 Å². The first-order valence-corrected chi connectivity index (χ1v) is 8.72. The first kappa shape index (κ1) is 15.3. The zero-order valence-corrected chi connectivity index (χ0v) is 13.1. The fourth-order valence-electron chi connectivity index (χ4n) is 4.46. The first-order chi connectivity index (χ1) is 9.26. The molecule has 4 atom stereocenters. The van der Waals surface area contributed by atoms with Gasteiger partial charge in [0, 0.05) is 12.1 Å². The van der Waals surface area contributed by atoms with Crippen LogP contribution in [0.4, 0.5) is 0 Å². The van der Waals surface area contributed by atoms with Gasteiger partial charge in [0.05, 0.1) is 0 Å². The molecular formula is C17H34N2. The summed E-state index contributed by atoms with van der Waals surface area (Å²) in [7, 11) is 0. The summed E-state index contributed by atoms with van der Waals surface area (Å²) in [4.78, 5) is 2.84. The molecule has 4 unspecified atom stereocenters. The van der Waals surface area contributed by atoms with Crippen molar-refractivity contribution in [3.63, 3.8) is 0 Å². The maximum absolute atomic E-state index is 6.04. The predicted octanol–water partition coefficient (Wildman–Crippen LogP) is 3.79. The van der Waals surface area contributed by atoms with Crippen molar-refractivity contribution in [1.82, 2.24) is 4.90 Å². The molecule has 19 heavy (non-hydrogen) atoms. The molecule has 2 saturated carbocycles. The van der Waals surface area contributed by atoms with E-state index in [0.29, 0.717) is 0 Å². The highest BCUT2D eigenvalue weighted by Gasteiger charge is 2.32. The van der Waals surface area contributed by atoms with Gasteiger partial charge in [-0.2, -0.15) is 0 Å². The molecule has 0 saturated heterocycles. The van der Waals surface area contributed by atoms with Gasteiger partial charge in [0.15, 0.2) is 0 Å². The second-order valence-corrected chi connectivity index (χ2v) is 6.95. The van der Waals surface area contributed by atoms with E-state index in [9.17, 15) is 0 Å². The summed E-state index contributed by atoms with van der Waals surface area (Å²) < 4.78 is 0. The number of hydrogen-bond acceptors (Lipinski definition) is 2. The lowest BCUT2D eigenvalue weighted by Gasteiger charge is -2.43. The van der Waals surface area contributed by atoms with Crippen LogP contribution in [0.25, 0.3) is 0 Å². The molecule has 2 rings (SSSR count). The summed E-state index contributed by atoms with van der Waals surface area (Å²) in [5.74, 6) is 1.70. The van der Waals surface area contributed by atoms with Crippen molar-refractivity contribution in [2.45, 2.75) is 83.7 Å². The molecule has 2 nitrogen and oxygen atoms in total. The lowest BCUT2D eigenvalue weighted by Crippen LogP contribution is -2.49. The van der Waals surface area contributed by atoms with Crippen molar-refractivity contribution in [2.75, 3.05) is 13.1 Å². The molecule has 0 aromatic carbocycles. The third-order valence-electron chi connectivity index (χ3n) is 5.66. The number of nitrogens with two attached hydrogens (primary N) is 1. The molecule has 2 aliphatic rings.